The van der Waals surface area contributed by atoms with Crippen LogP contribution in [0.3, 0.4) is 0 Å². The first-order valence-electron chi connectivity index (χ1n) is 12.2. The van der Waals surface area contributed by atoms with Crippen molar-refractivity contribution in [3.05, 3.63) is 62.1 Å². The molecule has 1 aliphatic carbocycles. The van der Waals surface area contributed by atoms with Crippen LogP contribution in [0.4, 0.5) is 11.4 Å². The van der Waals surface area contributed by atoms with Crippen LogP contribution >= 0.6 is 23.2 Å². The molecular formula is C25H30Cl2N4O7S. The topological polar surface area (TPSA) is 139 Å². The van der Waals surface area contributed by atoms with E-state index in [1.54, 1.807) is 18.2 Å². The predicted molar refractivity (Wildman–Crippen MR) is 149 cm³/mol. The summed E-state index contributed by atoms with van der Waals surface area (Å²) in [5.74, 6) is -1.15. The lowest BCUT2D eigenvalue weighted by atomic mass is 10.1. The minimum absolute atomic E-state index is 0.00606. The highest BCUT2D eigenvalue weighted by Crippen LogP contribution is 2.34. The molecule has 2 aromatic carbocycles. The molecule has 1 N–H and O–H groups in total. The largest absolute Gasteiger partial charge is 0.495 e. The number of amides is 2. The van der Waals surface area contributed by atoms with Crippen molar-refractivity contribution in [1.29, 1.82) is 0 Å². The van der Waals surface area contributed by atoms with Crippen LogP contribution in [-0.2, 0) is 26.2 Å². The van der Waals surface area contributed by atoms with E-state index in [2.05, 4.69) is 5.32 Å². The van der Waals surface area contributed by atoms with Crippen molar-refractivity contribution in [2.75, 3.05) is 24.2 Å². The first-order chi connectivity index (χ1) is 18.3. The van der Waals surface area contributed by atoms with Crippen LogP contribution in [0.2, 0.25) is 10.0 Å². The molecule has 0 aliphatic heterocycles. The van der Waals surface area contributed by atoms with Gasteiger partial charge in [-0.15, -0.1) is 0 Å². The number of halogens is 2. The highest BCUT2D eigenvalue weighted by Gasteiger charge is 2.33. The van der Waals surface area contributed by atoms with Gasteiger partial charge >= 0.3 is 0 Å². The third kappa shape index (κ3) is 7.52. The fraction of sp³-hybridized carbons (Fsp3) is 0.440. The lowest BCUT2D eigenvalue weighted by molar-refractivity contribution is -0.384. The number of carbonyl (C=O) groups excluding carboxylic acids is 2. The van der Waals surface area contributed by atoms with Crippen LogP contribution < -0.4 is 14.4 Å². The summed E-state index contributed by atoms with van der Waals surface area (Å²) in [4.78, 5) is 38.8. The second kappa shape index (κ2) is 12.8. The minimum Gasteiger partial charge on any atom is -0.495 e. The molecule has 1 aliphatic rings. The van der Waals surface area contributed by atoms with Crippen LogP contribution in [0.1, 0.15) is 38.2 Å². The van der Waals surface area contributed by atoms with Gasteiger partial charge in [0.25, 0.3) is 5.69 Å². The van der Waals surface area contributed by atoms with Gasteiger partial charge in [0.1, 0.15) is 24.0 Å². The summed E-state index contributed by atoms with van der Waals surface area (Å²) in [6, 6.07) is 7.20. The SMILES string of the molecule is COc1ccc([N+](=O)[O-])cc1N(CC(=O)N(Cc1c(Cl)cccc1Cl)[C@@H](C)C(=O)NC1CCCC1)S(C)(=O)=O. The van der Waals surface area contributed by atoms with E-state index in [9.17, 15) is 28.1 Å². The van der Waals surface area contributed by atoms with E-state index < -0.39 is 45.0 Å². The Morgan fingerprint density at radius 2 is 1.79 bits per heavy atom. The average Bonchev–Trinajstić information content (AvgIpc) is 3.38. The van der Waals surface area contributed by atoms with E-state index in [1.165, 1.54) is 25.0 Å². The van der Waals surface area contributed by atoms with Gasteiger partial charge in [0.05, 0.1) is 18.3 Å². The fourth-order valence-electron chi connectivity index (χ4n) is 4.41. The highest BCUT2D eigenvalue weighted by molar-refractivity contribution is 7.92. The van der Waals surface area contributed by atoms with Crippen molar-refractivity contribution in [3.63, 3.8) is 0 Å². The standard InChI is InChI=1S/C25H30Cl2N4O7S/c1-16(25(33)28-17-7-4-5-8-17)29(14-19-20(26)9-6-10-21(19)27)24(32)15-30(39(3,36)37)22-13-18(31(34)35)11-12-23(22)38-2/h6,9-13,16-17H,4-5,7-8,14-15H2,1-3H3,(H,28,33)/t16-/m0/s1. The number of carbonyl (C=O) groups is 2. The van der Waals surface area contributed by atoms with Gasteiger partial charge in [-0.1, -0.05) is 42.1 Å². The smallest absolute Gasteiger partial charge is 0.271 e. The minimum atomic E-state index is -4.14. The maximum atomic E-state index is 13.8. The van der Waals surface area contributed by atoms with Crippen LogP contribution in [0.5, 0.6) is 5.75 Å². The molecule has 0 spiro atoms. The Labute approximate surface area is 237 Å². The zero-order valence-corrected chi connectivity index (χ0v) is 24.1. The van der Waals surface area contributed by atoms with E-state index in [0.29, 0.717) is 9.87 Å². The number of nitrogens with zero attached hydrogens (tertiary/aromatic N) is 3. The molecule has 1 saturated carbocycles. The van der Waals surface area contributed by atoms with Crippen molar-refractivity contribution in [2.24, 2.45) is 0 Å². The number of methoxy groups -OCH3 is 1. The number of nitrogens with one attached hydrogen (secondary N) is 1. The molecule has 0 saturated heterocycles. The maximum absolute atomic E-state index is 13.8. The van der Waals surface area contributed by atoms with Crippen LogP contribution in [-0.4, -0.2) is 62.0 Å². The molecule has 0 unspecified atom stereocenters. The summed E-state index contributed by atoms with van der Waals surface area (Å²) in [5, 5.41) is 14.9. The molecule has 0 heterocycles. The van der Waals surface area contributed by atoms with Gasteiger partial charge in [-0.2, -0.15) is 0 Å². The van der Waals surface area contributed by atoms with Gasteiger partial charge in [-0.05, 0) is 38.0 Å². The summed E-state index contributed by atoms with van der Waals surface area (Å²) in [6.07, 6.45) is 4.51. The van der Waals surface area contributed by atoms with Crippen LogP contribution in [0.25, 0.3) is 0 Å². The number of benzene rings is 2. The highest BCUT2D eigenvalue weighted by atomic mass is 35.5. The van der Waals surface area contributed by atoms with E-state index in [-0.39, 0.29) is 34.1 Å². The maximum Gasteiger partial charge on any atom is 0.271 e. The number of sulfonamides is 1. The summed E-state index contributed by atoms with van der Waals surface area (Å²) in [6.45, 7) is 0.589. The van der Waals surface area contributed by atoms with Gasteiger partial charge in [-0.25, -0.2) is 8.42 Å². The van der Waals surface area contributed by atoms with Crippen molar-refractivity contribution >= 4 is 56.4 Å². The molecule has 212 valence electrons. The number of nitro benzene ring substituents is 1. The first-order valence-corrected chi connectivity index (χ1v) is 14.8. The number of hydrogen-bond donors (Lipinski definition) is 1. The molecule has 1 atom stereocenters. The average molecular weight is 602 g/mol. The Kier molecular flexibility index (Phi) is 10.0. The monoisotopic (exact) mass is 600 g/mol. The predicted octanol–water partition coefficient (Wildman–Crippen LogP) is 4.15. The Morgan fingerprint density at radius 1 is 1.18 bits per heavy atom. The second-order valence-electron chi connectivity index (χ2n) is 9.27. The molecule has 2 amide bonds. The Hall–Kier alpha value is -3.09. The van der Waals surface area contributed by atoms with Crippen LogP contribution in [0, 0.1) is 10.1 Å². The number of hydrogen-bond acceptors (Lipinski definition) is 7. The number of rotatable bonds is 11. The van der Waals surface area contributed by atoms with Gasteiger partial charge in [0.2, 0.25) is 21.8 Å². The fourth-order valence-corrected chi connectivity index (χ4v) is 5.77. The number of anilines is 1. The summed E-state index contributed by atoms with van der Waals surface area (Å²) < 4.78 is 31.6. The Bertz CT molecular complexity index is 1330. The number of nitro groups is 1. The Balaban J connectivity index is 2.01. The summed E-state index contributed by atoms with van der Waals surface area (Å²) in [7, 11) is -2.87. The van der Waals surface area contributed by atoms with Crippen molar-refractivity contribution in [3.8, 4) is 5.75 Å². The normalized spacial score (nSPS) is 14.5. The third-order valence-corrected chi connectivity index (χ3v) is 8.41. The van der Waals surface area contributed by atoms with E-state index in [0.717, 1.165) is 44.1 Å². The molecule has 14 heteroatoms. The van der Waals surface area contributed by atoms with Crippen molar-refractivity contribution < 1.29 is 27.7 Å². The van der Waals surface area contributed by atoms with Crippen molar-refractivity contribution in [1.82, 2.24) is 10.2 Å². The molecule has 39 heavy (non-hydrogen) atoms. The third-order valence-electron chi connectivity index (χ3n) is 6.58. The zero-order chi connectivity index (χ0) is 28.9. The quantitative estimate of drug-likeness (QED) is 0.302. The van der Waals surface area contributed by atoms with Gasteiger partial charge in [0, 0.05) is 40.3 Å². The molecule has 0 aromatic heterocycles. The second-order valence-corrected chi connectivity index (χ2v) is 12.0. The van der Waals surface area contributed by atoms with Gasteiger partial charge in [-0.3, -0.25) is 24.0 Å². The Morgan fingerprint density at radius 3 is 2.33 bits per heavy atom. The van der Waals surface area contributed by atoms with E-state index in [1.807, 2.05) is 0 Å². The van der Waals surface area contributed by atoms with Crippen molar-refractivity contribution in [2.45, 2.75) is 51.2 Å². The molecule has 0 bridgehead atoms. The van der Waals surface area contributed by atoms with Crippen LogP contribution in [0.15, 0.2) is 36.4 Å². The molecule has 1 fully saturated rings. The molecule has 2 aromatic rings. The van der Waals surface area contributed by atoms with E-state index in [4.69, 9.17) is 27.9 Å². The lowest BCUT2D eigenvalue weighted by Gasteiger charge is -2.32. The number of non-ortho nitro benzene ring substituents is 1. The molecule has 3 rings (SSSR count). The van der Waals surface area contributed by atoms with E-state index >= 15 is 0 Å². The number of ether oxygens (including phenoxy) is 1. The zero-order valence-electron chi connectivity index (χ0n) is 21.7. The lowest BCUT2D eigenvalue weighted by Crippen LogP contribution is -2.52. The first kappa shape index (κ1) is 30.5. The molecular weight excluding hydrogens is 571 g/mol. The van der Waals surface area contributed by atoms with Gasteiger partial charge < -0.3 is 15.0 Å². The summed E-state index contributed by atoms with van der Waals surface area (Å²) in [5.41, 5.74) is -0.203. The van der Waals surface area contributed by atoms with Gasteiger partial charge in [0.15, 0.2) is 0 Å². The molecule has 11 nitrogen and oxygen atoms in total. The summed E-state index contributed by atoms with van der Waals surface area (Å²) >= 11 is 12.7. The molecule has 0 radical (unpaired) electrons.